The van der Waals surface area contributed by atoms with Gasteiger partial charge in [0.1, 0.15) is 5.82 Å². The third-order valence-electron chi connectivity index (χ3n) is 2.64. The maximum atomic E-state index is 13.4. The Morgan fingerprint density at radius 3 is 2.63 bits per heavy atom. The molecule has 1 rings (SSSR count). The van der Waals surface area contributed by atoms with Crippen LogP contribution in [0.4, 0.5) is 10.1 Å². The van der Waals surface area contributed by atoms with Crippen molar-refractivity contribution in [2.75, 3.05) is 5.73 Å². The van der Waals surface area contributed by atoms with Gasteiger partial charge < -0.3 is 5.73 Å². The quantitative estimate of drug-likeness (QED) is 0.639. The first-order chi connectivity index (χ1) is 8.81. The maximum absolute atomic E-state index is 13.4. The number of terminal acetylenes is 1. The zero-order valence-electron chi connectivity index (χ0n) is 10.9. The fourth-order valence-electron chi connectivity index (χ4n) is 1.64. The Bertz CT molecular complexity index is 583. The van der Waals surface area contributed by atoms with Crippen molar-refractivity contribution in [3.8, 4) is 12.3 Å². The number of nitrogens with two attached hydrogens (primary N) is 1. The third kappa shape index (κ3) is 3.69. The lowest BCUT2D eigenvalue weighted by Gasteiger charge is -2.13. The van der Waals surface area contributed by atoms with Crippen molar-refractivity contribution in [2.24, 2.45) is 0 Å². The number of rotatable bonds is 5. The number of anilines is 1. The SMILES string of the molecule is C#CC(CCC)NS(=O)(=O)c1cc(C)c(F)c(N)c1. The summed E-state index contributed by atoms with van der Waals surface area (Å²) in [6.45, 7) is 3.36. The summed E-state index contributed by atoms with van der Waals surface area (Å²) in [5, 5.41) is 0. The Morgan fingerprint density at radius 1 is 1.53 bits per heavy atom. The smallest absolute Gasteiger partial charge is 0.241 e. The highest BCUT2D eigenvalue weighted by Gasteiger charge is 2.20. The summed E-state index contributed by atoms with van der Waals surface area (Å²) in [4.78, 5) is -0.0831. The lowest BCUT2D eigenvalue weighted by Crippen LogP contribution is -2.33. The highest BCUT2D eigenvalue weighted by atomic mass is 32.2. The number of nitrogen functional groups attached to an aromatic ring is 1. The van der Waals surface area contributed by atoms with Gasteiger partial charge in [0.05, 0.1) is 16.6 Å². The van der Waals surface area contributed by atoms with Crippen molar-refractivity contribution in [3.63, 3.8) is 0 Å². The van der Waals surface area contributed by atoms with E-state index in [1.54, 1.807) is 0 Å². The highest BCUT2D eigenvalue weighted by molar-refractivity contribution is 7.89. The number of halogens is 1. The van der Waals surface area contributed by atoms with Crippen molar-refractivity contribution < 1.29 is 12.8 Å². The normalized spacial score (nSPS) is 12.9. The maximum Gasteiger partial charge on any atom is 0.241 e. The van der Waals surface area contributed by atoms with E-state index in [1.165, 1.54) is 13.0 Å². The molecular formula is C13H17FN2O2S. The molecule has 4 nitrogen and oxygen atoms in total. The van der Waals surface area contributed by atoms with Crippen LogP contribution in [0.1, 0.15) is 25.3 Å². The summed E-state index contributed by atoms with van der Waals surface area (Å²) >= 11 is 0. The number of aryl methyl sites for hydroxylation is 1. The summed E-state index contributed by atoms with van der Waals surface area (Å²) in [5.41, 5.74) is 5.41. The van der Waals surface area contributed by atoms with Crippen molar-refractivity contribution in [3.05, 3.63) is 23.5 Å². The minimum absolute atomic E-state index is 0.0831. The van der Waals surface area contributed by atoms with Gasteiger partial charge in [0.2, 0.25) is 10.0 Å². The molecule has 6 heteroatoms. The van der Waals surface area contributed by atoms with Crippen LogP contribution in [0, 0.1) is 25.1 Å². The Morgan fingerprint density at radius 2 is 2.16 bits per heavy atom. The van der Waals surface area contributed by atoms with Crippen LogP contribution in [0.3, 0.4) is 0 Å². The molecule has 1 aromatic carbocycles. The molecule has 0 saturated heterocycles. The van der Waals surface area contributed by atoms with Crippen LogP contribution in [-0.2, 0) is 10.0 Å². The average Bonchev–Trinajstić information content (AvgIpc) is 2.34. The molecule has 0 amide bonds. The Labute approximate surface area is 113 Å². The zero-order valence-corrected chi connectivity index (χ0v) is 11.7. The summed E-state index contributed by atoms with van der Waals surface area (Å²) in [6, 6.07) is 1.74. The van der Waals surface area contributed by atoms with Gasteiger partial charge in [-0.2, -0.15) is 4.72 Å². The summed E-state index contributed by atoms with van der Waals surface area (Å²) in [6.07, 6.45) is 6.55. The molecule has 0 saturated carbocycles. The minimum atomic E-state index is -3.79. The van der Waals surface area contributed by atoms with E-state index < -0.39 is 21.9 Å². The molecule has 1 atom stereocenters. The van der Waals surface area contributed by atoms with Gasteiger partial charge in [-0.05, 0) is 31.0 Å². The summed E-state index contributed by atoms with van der Waals surface area (Å²) in [5.74, 6) is 1.76. The van der Waals surface area contributed by atoms with E-state index in [-0.39, 0.29) is 16.1 Å². The van der Waals surface area contributed by atoms with Crippen LogP contribution in [-0.4, -0.2) is 14.5 Å². The predicted octanol–water partition coefficient (Wildman–Crippen LogP) is 1.80. The molecule has 0 fully saturated rings. The average molecular weight is 284 g/mol. The van der Waals surface area contributed by atoms with E-state index >= 15 is 0 Å². The molecule has 1 unspecified atom stereocenters. The van der Waals surface area contributed by atoms with Crippen molar-refractivity contribution in [2.45, 2.75) is 37.6 Å². The van der Waals surface area contributed by atoms with Gasteiger partial charge in [-0.25, -0.2) is 12.8 Å². The second kappa shape index (κ2) is 6.04. The van der Waals surface area contributed by atoms with Crippen LogP contribution in [0.5, 0.6) is 0 Å². The number of benzene rings is 1. The van der Waals surface area contributed by atoms with Gasteiger partial charge in [-0.3, -0.25) is 0 Å². The molecular weight excluding hydrogens is 267 g/mol. The van der Waals surface area contributed by atoms with E-state index in [1.807, 2.05) is 6.92 Å². The van der Waals surface area contributed by atoms with Crippen molar-refractivity contribution in [1.82, 2.24) is 4.72 Å². The first kappa shape index (κ1) is 15.5. The molecule has 0 radical (unpaired) electrons. The first-order valence-electron chi connectivity index (χ1n) is 5.86. The lowest BCUT2D eigenvalue weighted by atomic mass is 10.2. The van der Waals surface area contributed by atoms with E-state index in [0.717, 1.165) is 12.5 Å². The first-order valence-corrected chi connectivity index (χ1v) is 7.34. The lowest BCUT2D eigenvalue weighted by molar-refractivity contribution is 0.563. The van der Waals surface area contributed by atoms with E-state index in [4.69, 9.17) is 12.2 Å². The molecule has 0 aromatic heterocycles. The van der Waals surface area contributed by atoms with Crippen LogP contribution in [0.15, 0.2) is 17.0 Å². The van der Waals surface area contributed by atoms with Gasteiger partial charge in [0, 0.05) is 0 Å². The standard InChI is InChI=1S/C13H17FN2O2S/c1-4-6-10(5-2)16-19(17,18)11-7-9(3)13(14)12(15)8-11/h2,7-8,10,16H,4,6,15H2,1,3H3. The molecule has 0 aliphatic rings. The van der Waals surface area contributed by atoms with E-state index in [9.17, 15) is 12.8 Å². The van der Waals surface area contributed by atoms with Crippen molar-refractivity contribution >= 4 is 15.7 Å². The third-order valence-corrected chi connectivity index (χ3v) is 4.09. The number of nitrogens with one attached hydrogen (secondary N) is 1. The van der Waals surface area contributed by atoms with Gasteiger partial charge in [0.15, 0.2) is 0 Å². The number of hydrogen-bond donors (Lipinski definition) is 2. The monoisotopic (exact) mass is 284 g/mol. The van der Waals surface area contributed by atoms with Gasteiger partial charge >= 0.3 is 0 Å². The van der Waals surface area contributed by atoms with Crippen LogP contribution >= 0.6 is 0 Å². The summed E-state index contributed by atoms with van der Waals surface area (Å²) in [7, 11) is -3.79. The molecule has 3 N–H and O–H groups in total. The highest BCUT2D eigenvalue weighted by Crippen LogP contribution is 2.21. The largest absolute Gasteiger partial charge is 0.396 e. The molecule has 0 bridgehead atoms. The van der Waals surface area contributed by atoms with Gasteiger partial charge in [-0.15, -0.1) is 6.42 Å². The van der Waals surface area contributed by atoms with E-state index in [2.05, 4.69) is 10.6 Å². The molecule has 1 aromatic rings. The second-order valence-electron chi connectivity index (χ2n) is 4.27. The fourth-order valence-corrected chi connectivity index (χ4v) is 2.95. The fraction of sp³-hybridized carbons (Fsp3) is 0.385. The predicted molar refractivity (Wildman–Crippen MR) is 73.4 cm³/mol. The molecule has 19 heavy (non-hydrogen) atoms. The Kier molecular flexibility index (Phi) is 4.92. The van der Waals surface area contributed by atoms with Gasteiger partial charge in [0.25, 0.3) is 0 Å². The molecule has 0 spiro atoms. The van der Waals surface area contributed by atoms with Crippen LogP contribution < -0.4 is 10.5 Å². The van der Waals surface area contributed by atoms with Crippen LogP contribution in [0.2, 0.25) is 0 Å². The molecule has 0 aliphatic carbocycles. The topological polar surface area (TPSA) is 72.2 Å². The Balaban J connectivity index is 3.11. The molecule has 104 valence electrons. The molecule has 0 aliphatic heterocycles. The van der Waals surface area contributed by atoms with E-state index in [0.29, 0.717) is 6.42 Å². The van der Waals surface area contributed by atoms with Crippen molar-refractivity contribution in [1.29, 1.82) is 0 Å². The number of sulfonamides is 1. The van der Waals surface area contributed by atoms with Gasteiger partial charge in [-0.1, -0.05) is 19.3 Å². The zero-order chi connectivity index (χ0) is 14.6. The number of hydrogen-bond acceptors (Lipinski definition) is 3. The Hall–Kier alpha value is -1.58. The molecule has 0 heterocycles. The van der Waals surface area contributed by atoms with Crippen LogP contribution in [0.25, 0.3) is 0 Å². The minimum Gasteiger partial charge on any atom is -0.396 e. The second-order valence-corrected chi connectivity index (χ2v) is 5.99. The summed E-state index contributed by atoms with van der Waals surface area (Å²) < 4.78 is 40.0.